The highest BCUT2D eigenvalue weighted by atomic mass is 16.5. The van der Waals surface area contributed by atoms with E-state index in [4.69, 9.17) is 4.74 Å². The molecule has 0 heterocycles. The molecule has 0 saturated carbocycles. The lowest BCUT2D eigenvalue weighted by molar-refractivity contribution is -0.143. The number of hydrogen-bond acceptors (Lipinski definition) is 5. The average Bonchev–Trinajstić information content (AvgIpc) is 3.43. The molecule has 0 aliphatic rings. The van der Waals surface area contributed by atoms with E-state index >= 15 is 0 Å². The highest BCUT2D eigenvalue weighted by molar-refractivity contribution is 5.76. The smallest absolute Gasteiger partial charge is 0.305 e. The van der Waals surface area contributed by atoms with Crippen molar-refractivity contribution in [2.75, 3.05) is 13.2 Å². The Morgan fingerprint density at radius 2 is 0.610 bits per heavy atom. The van der Waals surface area contributed by atoms with E-state index in [9.17, 15) is 19.8 Å². The van der Waals surface area contributed by atoms with Crippen LogP contribution in [0.25, 0.3) is 0 Å². The highest BCUT2D eigenvalue weighted by Crippen LogP contribution is 2.19. The Balaban J connectivity index is 3.45. The summed E-state index contributed by atoms with van der Waals surface area (Å²) in [6.07, 6.45) is 83.9. The van der Waals surface area contributed by atoms with Crippen LogP contribution in [-0.2, 0) is 14.3 Å². The van der Waals surface area contributed by atoms with E-state index in [1.807, 2.05) is 6.08 Å². The van der Waals surface area contributed by atoms with Crippen LogP contribution in [0.5, 0.6) is 0 Å². The van der Waals surface area contributed by atoms with Crippen LogP contribution >= 0.6 is 0 Å². The van der Waals surface area contributed by atoms with E-state index in [0.717, 1.165) is 44.9 Å². The maximum absolute atomic E-state index is 12.5. The molecule has 6 nitrogen and oxygen atoms in total. The number of ether oxygens (including phenoxy) is 1. The normalized spacial score (nSPS) is 12.6. The number of aliphatic hydroxyl groups is 2. The lowest BCUT2D eigenvalue weighted by Crippen LogP contribution is -2.45. The van der Waals surface area contributed by atoms with Crippen molar-refractivity contribution in [2.45, 2.75) is 405 Å². The molecule has 0 aromatic carbocycles. The molecule has 1 amide bonds. The third-order valence-corrected chi connectivity index (χ3v) is 16.5. The second kappa shape index (κ2) is 66.8. The van der Waals surface area contributed by atoms with E-state index in [1.54, 1.807) is 6.08 Å². The second-order valence-corrected chi connectivity index (χ2v) is 24.2. The van der Waals surface area contributed by atoms with Crippen LogP contribution in [0.2, 0.25) is 0 Å². The third kappa shape index (κ3) is 63.4. The molecule has 0 rings (SSSR count). The Labute approximate surface area is 481 Å². The van der Waals surface area contributed by atoms with Crippen LogP contribution in [-0.4, -0.2) is 47.4 Å². The van der Waals surface area contributed by atoms with E-state index in [1.165, 1.54) is 321 Å². The lowest BCUT2D eigenvalue weighted by Gasteiger charge is -2.20. The Morgan fingerprint density at radius 3 is 0.922 bits per heavy atom. The lowest BCUT2D eigenvalue weighted by atomic mass is 10.0. The summed E-state index contributed by atoms with van der Waals surface area (Å²) in [6.45, 7) is 4.93. The fourth-order valence-electron chi connectivity index (χ4n) is 11.1. The number of rotatable bonds is 66. The van der Waals surface area contributed by atoms with Crippen LogP contribution in [0.3, 0.4) is 0 Å². The van der Waals surface area contributed by atoms with Gasteiger partial charge in [0, 0.05) is 12.8 Å². The molecule has 0 fully saturated rings. The van der Waals surface area contributed by atoms with Crippen LogP contribution < -0.4 is 5.32 Å². The van der Waals surface area contributed by atoms with Crippen LogP contribution in [0.15, 0.2) is 24.3 Å². The number of carbonyl (C=O) groups excluding carboxylic acids is 2. The molecule has 77 heavy (non-hydrogen) atoms. The van der Waals surface area contributed by atoms with Crippen molar-refractivity contribution in [2.24, 2.45) is 0 Å². The number of aliphatic hydroxyl groups excluding tert-OH is 2. The Hall–Kier alpha value is -1.66. The van der Waals surface area contributed by atoms with Crippen molar-refractivity contribution in [1.29, 1.82) is 0 Å². The monoisotopic (exact) mass is 1080 g/mol. The van der Waals surface area contributed by atoms with Crippen molar-refractivity contribution in [3.05, 3.63) is 24.3 Å². The highest BCUT2D eigenvalue weighted by Gasteiger charge is 2.18. The van der Waals surface area contributed by atoms with Gasteiger partial charge in [-0.3, -0.25) is 9.59 Å². The topological polar surface area (TPSA) is 95.9 Å². The molecule has 2 atom stereocenters. The van der Waals surface area contributed by atoms with E-state index in [-0.39, 0.29) is 18.5 Å². The van der Waals surface area contributed by atoms with Crippen molar-refractivity contribution in [3.8, 4) is 0 Å². The number of allylic oxidation sites excluding steroid dienone is 3. The first kappa shape index (κ1) is 75.3. The number of unbranched alkanes of at least 4 members (excludes halogenated alkanes) is 53. The zero-order valence-corrected chi connectivity index (χ0v) is 52.2. The predicted octanol–water partition coefficient (Wildman–Crippen LogP) is 22.5. The summed E-state index contributed by atoms with van der Waals surface area (Å²) in [4.78, 5) is 24.6. The summed E-state index contributed by atoms with van der Waals surface area (Å²) < 4.78 is 5.49. The van der Waals surface area contributed by atoms with Gasteiger partial charge in [0.15, 0.2) is 0 Å². The van der Waals surface area contributed by atoms with Crippen molar-refractivity contribution >= 4 is 11.9 Å². The van der Waals surface area contributed by atoms with Crippen LogP contribution in [0.4, 0.5) is 0 Å². The van der Waals surface area contributed by atoms with E-state index in [2.05, 4.69) is 31.3 Å². The van der Waals surface area contributed by atoms with Gasteiger partial charge in [-0.25, -0.2) is 0 Å². The van der Waals surface area contributed by atoms with Gasteiger partial charge in [-0.1, -0.05) is 346 Å². The van der Waals surface area contributed by atoms with Gasteiger partial charge < -0.3 is 20.3 Å². The van der Waals surface area contributed by atoms with Gasteiger partial charge in [-0.05, 0) is 57.8 Å². The summed E-state index contributed by atoms with van der Waals surface area (Å²) in [7, 11) is 0. The molecule has 0 radical (unpaired) electrons. The minimum Gasteiger partial charge on any atom is -0.466 e. The molecule has 2 unspecified atom stereocenters. The Morgan fingerprint density at radius 1 is 0.351 bits per heavy atom. The molecule has 6 heteroatoms. The standard InChI is InChI=1S/C71H137NO5/c1-3-5-7-9-11-13-15-17-19-21-22-23-24-25-26-27-29-32-35-39-43-47-51-55-59-63-69(74)68(67-73)72-70(75)64-60-56-52-48-44-40-36-33-30-28-31-34-38-42-46-50-54-58-62-66-77-71(76)65-61-57-53-49-45-41-37-20-18-16-14-12-10-8-6-4-2/h28,30,59,63,68-69,73-74H,3-27,29,31-58,60-62,64-67H2,1-2H3,(H,72,75)/b30-28-,63-59+. The summed E-state index contributed by atoms with van der Waals surface area (Å²) in [5.74, 6) is -0.0655. The van der Waals surface area contributed by atoms with Gasteiger partial charge in [-0.2, -0.15) is 0 Å². The molecule has 0 aliphatic carbocycles. The maximum Gasteiger partial charge on any atom is 0.305 e. The number of nitrogens with one attached hydrogen (secondary N) is 1. The molecule has 3 N–H and O–H groups in total. The second-order valence-electron chi connectivity index (χ2n) is 24.2. The first-order valence-electron chi connectivity index (χ1n) is 35.1. The van der Waals surface area contributed by atoms with Gasteiger partial charge in [0.1, 0.15) is 0 Å². The SMILES string of the molecule is CCCCCCCCCCCCCCCCCCCCCCCCC/C=C/C(O)C(CO)NC(=O)CCCCCCCCC/C=C\CCCCCCCCCCOC(=O)CCCCCCCCCCCCCCCCCC. The minimum absolute atomic E-state index is 0.00764. The molecule has 456 valence electrons. The Kier molecular flexibility index (Phi) is 65.4. The van der Waals surface area contributed by atoms with Crippen molar-refractivity contribution in [3.63, 3.8) is 0 Å². The zero-order valence-electron chi connectivity index (χ0n) is 52.2. The fraction of sp³-hybridized carbons (Fsp3) is 0.915. The number of hydrogen-bond donors (Lipinski definition) is 3. The summed E-state index contributed by atoms with van der Waals surface area (Å²) in [5, 5.41) is 23.3. The molecule has 0 aliphatic heterocycles. The van der Waals surface area contributed by atoms with Crippen molar-refractivity contribution in [1.82, 2.24) is 5.32 Å². The summed E-state index contributed by atoms with van der Waals surface area (Å²) in [5.41, 5.74) is 0. The van der Waals surface area contributed by atoms with Gasteiger partial charge in [0.05, 0.1) is 25.4 Å². The third-order valence-electron chi connectivity index (χ3n) is 16.5. The van der Waals surface area contributed by atoms with Crippen LogP contribution in [0.1, 0.15) is 393 Å². The molecular formula is C71H137NO5. The molecule has 0 bridgehead atoms. The predicted molar refractivity (Wildman–Crippen MR) is 338 cm³/mol. The maximum atomic E-state index is 12.5. The average molecular weight is 1080 g/mol. The van der Waals surface area contributed by atoms with Gasteiger partial charge >= 0.3 is 5.97 Å². The first-order chi connectivity index (χ1) is 38.0. The molecule has 0 aromatic rings. The molecule has 0 saturated heterocycles. The largest absolute Gasteiger partial charge is 0.466 e. The van der Waals surface area contributed by atoms with Crippen LogP contribution in [0, 0.1) is 0 Å². The van der Waals surface area contributed by atoms with Gasteiger partial charge in [0.2, 0.25) is 5.91 Å². The fourth-order valence-corrected chi connectivity index (χ4v) is 11.1. The van der Waals surface area contributed by atoms with Crippen molar-refractivity contribution < 1.29 is 24.5 Å². The Bertz CT molecular complexity index is 1200. The van der Waals surface area contributed by atoms with Gasteiger partial charge in [-0.15, -0.1) is 0 Å². The summed E-state index contributed by atoms with van der Waals surface area (Å²) >= 11 is 0. The number of amides is 1. The van der Waals surface area contributed by atoms with E-state index in [0.29, 0.717) is 19.4 Å². The molecular weight excluding hydrogens is 947 g/mol. The van der Waals surface area contributed by atoms with Gasteiger partial charge in [0.25, 0.3) is 0 Å². The quantitative estimate of drug-likeness (QED) is 0.0320. The van der Waals surface area contributed by atoms with E-state index < -0.39 is 12.1 Å². The molecule has 0 spiro atoms. The number of carbonyl (C=O) groups is 2. The molecule has 0 aromatic heterocycles. The summed E-state index contributed by atoms with van der Waals surface area (Å²) in [6, 6.07) is -0.636. The minimum atomic E-state index is -0.852. The first-order valence-corrected chi connectivity index (χ1v) is 35.1. The number of esters is 1. The zero-order chi connectivity index (χ0) is 55.7.